The minimum absolute atomic E-state index is 0.0437. The van der Waals surface area contributed by atoms with Gasteiger partial charge in [-0.25, -0.2) is 0 Å². The van der Waals surface area contributed by atoms with Gasteiger partial charge in [0.15, 0.2) is 6.29 Å². The molecule has 0 spiro atoms. The smallest absolute Gasteiger partial charge is 0.160 e. The van der Waals surface area contributed by atoms with Crippen LogP contribution in [0.5, 0.6) is 0 Å². The molecule has 2 aliphatic rings. The van der Waals surface area contributed by atoms with Gasteiger partial charge in [-0.05, 0) is 18.9 Å². The van der Waals surface area contributed by atoms with Gasteiger partial charge in [0.25, 0.3) is 0 Å². The fourth-order valence-electron chi connectivity index (χ4n) is 4.53. The molecule has 0 bridgehead atoms. The third-order valence-corrected chi connectivity index (χ3v) is 6.69. The summed E-state index contributed by atoms with van der Waals surface area (Å²) in [5.74, 6) is 0.211. The Hall–Kier alpha value is -0.800. The van der Waals surface area contributed by atoms with Crippen molar-refractivity contribution in [2.24, 2.45) is 11.8 Å². The largest absolute Gasteiger partial charge is 0.390 e. The van der Waals surface area contributed by atoms with Crippen LogP contribution in [0.4, 0.5) is 0 Å². The summed E-state index contributed by atoms with van der Waals surface area (Å²) in [5.41, 5.74) is 1.01. The van der Waals surface area contributed by atoms with Gasteiger partial charge in [-0.15, -0.1) is 0 Å². The molecule has 0 amide bonds. The number of hydrogen-bond donors (Lipinski definition) is 1. The Morgan fingerprint density at radius 2 is 1.77 bits per heavy atom. The number of rotatable bonds is 12. The van der Waals surface area contributed by atoms with Crippen LogP contribution in [0, 0.1) is 11.8 Å². The Kier molecular flexibility index (Phi) is 10.6. The Bertz CT molecular complexity index is 588. The van der Waals surface area contributed by atoms with E-state index in [-0.39, 0.29) is 54.7 Å². The highest BCUT2D eigenvalue weighted by molar-refractivity contribution is 5.18. The molecule has 0 aromatic rings. The van der Waals surface area contributed by atoms with E-state index < -0.39 is 6.10 Å². The lowest BCUT2D eigenvalue weighted by Gasteiger charge is -2.40. The maximum absolute atomic E-state index is 10.7. The van der Waals surface area contributed by atoms with Crippen LogP contribution >= 0.6 is 0 Å². The normalized spacial score (nSPS) is 35.7. The molecule has 7 nitrogen and oxygen atoms in total. The van der Waals surface area contributed by atoms with E-state index in [1.807, 2.05) is 32.1 Å². The molecule has 2 heterocycles. The maximum atomic E-state index is 10.7. The van der Waals surface area contributed by atoms with Crippen molar-refractivity contribution in [3.05, 3.63) is 23.8 Å². The molecule has 180 valence electrons. The number of methoxy groups -OCH3 is 4. The SMILES string of the molecule is CC[C@H](OC)[C@@H](C)[C@H]1O[C@@H]1[C@H](O)[C@@H](C)/C=C/C=C(\C)[C@@H]1O[C@@H](OC)C[C@@H](OC)[C@@H]1OC. The van der Waals surface area contributed by atoms with Crippen molar-refractivity contribution in [3.63, 3.8) is 0 Å². The Morgan fingerprint density at radius 1 is 1.06 bits per heavy atom. The molecular formula is C24H42O7. The molecule has 2 fully saturated rings. The van der Waals surface area contributed by atoms with E-state index in [1.165, 1.54) is 0 Å². The molecule has 2 rings (SSSR count). The summed E-state index contributed by atoms with van der Waals surface area (Å²) in [4.78, 5) is 0. The molecule has 0 aromatic carbocycles. The van der Waals surface area contributed by atoms with Gasteiger partial charge in [-0.3, -0.25) is 0 Å². The zero-order chi connectivity index (χ0) is 23.1. The Labute approximate surface area is 187 Å². The van der Waals surface area contributed by atoms with Gasteiger partial charge in [0.05, 0.1) is 24.4 Å². The topological polar surface area (TPSA) is 78.9 Å². The van der Waals surface area contributed by atoms with Crippen LogP contribution in [-0.2, 0) is 28.4 Å². The summed E-state index contributed by atoms with van der Waals surface area (Å²) in [6, 6.07) is 0. The van der Waals surface area contributed by atoms with E-state index in [4.69, 9.17) is 28.4 Å². The number of allylic oxidation sites excluding steroid dienone is 2. The maximum Gasteiger partial charge on any atom is 0.160 e. The van der Waals surface area contributed by atoms with Crippen LogP contribution in [-0.4, -0.2) is 82.6 Å². The van der Waals surface area contributed by atoms with Crippen molar-refractivity contribution in [2.45, 2.75) is 89.6 Å². The van der Waals surface area contributed by atoms with Crippen molar-refractivity contribution >= 4 is 0 Å². The lowest BCUT2D eigenvalue weighted by Crippen LogP contribution is -2.51. The molecule has 2 aliphatic heterocycles. The zero-order valence-corrected chi connectivity index (χ0v) is 20.3. The first kappa shape index (κ1) is 26.5. The molecule has 2 saturated heterocycles. The molecule has 10 atom stereocenters. The monoisotopic (exact) mass is 442 g/mol. The second kappa shape index (κ2) is 12.4. The predicted molar refractivity (Wildman–Crippen MR) is 119 cm³/mol. The number of hydrogen-bond acceptors (Lipinski definition) is 7. The standard InChI is InChI=1S/C24H42O7/c1-9-17(26-5)16(4)22-24(31-22)20(25)14(2)11-10-12-15(3)21-23(29-8)18(27-6)13-19(28-7)30-21/h10-12,14,16-25H,9,13H2,1-8H3/b11-10+,15-12+/t14-,16+,17-,18+,19+,20+,21-,22+,23-,24+/m0/s1. The van der Waals surface area contributed by atoms with E-state index in [0.29, 0.717) is 6.42 Å². The highest BCUT2D eigenvalue weighted by atomic mass is 16.7. The van der Waals surface area contributed by atoms with Gasteiger partial charge in [0, 0.05) is 46.7 Å². The highest BCUT2D eigenvalue weighted by Gasteiger charge is 2.50. The van der Waals surface area contributed by atoms with Gasteiger partial charge < -0.3 is 33.5 Å². The van der Waals surface area contributed by atoms with E-state index >= 15 is 0 Å². The summed E-state index contributed by atoms with van der Waals surface area (Å²) in [6.07, 6.45) is 6.08. The number of aliphatic hydroxyl groups excluding tert-OH is 1. The molecule has 0 unspecified atom stereocenters. The van der Waals surface area contributed by atoms with Gasteiger partial charge in [0.1, 0.15) is 18.3 Å². The van der Waals surface area contributed by atoms with Crippen molar-refractivity contribution in [2.75, 3.05) is 28.4 Å². The fraction of sp³-hybridized carbons (Fsp3) is 0.833. The molecule has 0 radical (unpaired) electrons. The second-order valence-electron chi connectivity index (χ2n) is 8.68. The van der Waals surface area contributed by atoms with Gasteiger partial charge >= 0.3 is 0 Å². The molecule has 31 heavy (non-hydrogen) atoms. The highest BCUT2D eigenvalue weighted by Crippen LogP contribution is 2.37. The summed E-state index contributed by atoms with van der Waals surface area (Å²) in [6.45, 7) is 8.23. The van der Waals surface area contributed by atoms with Crippen LogP contribution in [0.15, 0.2) is 23.8 Å². The van der Waals surface area contributed by atoms with Crippen LogP contribution in [0.3, 0.4) is 0 Å². The predicted octanol–water partition coefficient (Wildman–Crippen LogP) is 3.11. The minimum atomic E-state index is -0.555. The lowest BCUT2D eigenvalue weighted by atomic mass is 9.91. The van der Waals surface area contributed by atoms with Crippen molar-refractivity contribution in [1.29, 1.82) is 0 Å². The average Bonchev–Trinajstić information content (AvgIpc) is 3.58. The molecule has 7 heteroatoms. The van der Waals surface area contributed by atoms with E-state index in [1.54, 1.807) is 28.4 Å². The number of aliphatic hydroxyl groups is 1. The van der Waals surface area contributed by atoms with Gasteiger partial charge in [-0.1, -0.05) is 39.0 Å². The minimum Gasteiger partial charge on any atom is -0.390 e. The number of ether oxygens (including phenoxy) is 6. The van der Waals surface area contributed by atoms with Crippen molar-refractivity contribution in [3.8, 4) is 0 Å². The van der Waals surface area contributed by atoms with Crippen LogP contribution in [0.1, 0.15) is 40.5 Å². The Morgan fingerprint density at radius 3 is 2.32 bits per heavy atom. The summed E-state index contributed by atoms with van der Waals surface area (Å²) >= 11 is 0. The zero-order valence-electron chi connectivity index (χ0n) is 20.3. The summed E-state index contributed by atoms with van der Waals surface area (Å²) < 4.78 is 34.0. The molecule has 0 saturated carbocycles. The van der Waals surface area contributed by atoms with Crippen LogP contribution < -0.4 is 0 Å². The first-order chi connectivity index (χ1) is 14.8. The quantitative estimate of drug-likeness (QED) is 0.367. The van der Waals surface area contributed by atoms with E-state index in [0.717, 1.165) is 12.0 Å². The molecule has 1 N–H and O–H groups in total. The summed E-state index contributed by atoms with van der Waals surface area (Å²) in [7, 11) is 6.71. The van der Waals surface area contributed by atoms with Crippen LogP contribution in [0.25, 0.3) is 0 Å². The van der Waals surface area contributed by atoms with Gasteiger partial charge in [0.2, 0.25) is 0 Å². The van der Waals surface area contributed by atoms with Crippen LogP contribution in [0.2, 0.25) is 0 Å². The van der Waals surface area contributed by atoms with E-state index in [2.05, 4.69) is 13.8 Å². The molecular weight excluding hydrogens is 400 g/mol. The van der Waals surface area contributed by atoms with Gasteiger partial charge in [-0.2, -0.15) is 0 Å². The molecule has 0 aliphatic carbocycles. The average molecular weight is 443 g/mol. The van der Waals surface area contributed by atoms with Crippen molar-refractivity contribution < 1.29 is 33.5 Å². The Balaban J connectivity index is 1.96. The summed E-state index contributed by atoms with van der Waals surface area (Å²) in [5, 5.41) is 10.7. The molecule has 0 aromatic heterocycles. The third kappa shape index (κ3) is 6.60. The van der Waals surface area contributed by atoms with Crippen molar-refractivity contribution in [1.82, 2.24) is 0 Å². The second-order valence-corrected chi connectivity index (χ2v) is 8.68. The third-order valence-electron chi connectivity index (χ3n) is 6.69. The number of epoxide rings is 1. The fourth-order valence-corrected chi connectivity index (χ4v) is 4.53. The van der Waals surface area contributed by atoms with E-state index in [9.17, 15) is 5.11 Å². The first-order valence-corrected chi connectivity index (χ1v) is 11.3. The first-order valence-electron chi connectivity index (χ1n) is 11.3. The lowest BCUT2D eigenvalue weighted by molar-refractivity contribution is -0.241.